The van der Waals surface area contributed by atoms with E-state index in [1.54, 1.807) is 30.0 Å². The Morgan fingerprint density at radius 1 is 0.935 bits per heavy atom. The Hall–Kier alpha value is -2.98. The molecule has 1 saturated heterocycles. The zero-order chi connectivity index (χ0) is 22.2. The number of sulfonamides is 1. The van der Waals surface area contributed by atoms with E-state index in [4.69, 9.17) is 4.74 Å². The second kappa shape index (κ2) is 8.27. The maximum Gasteiger partial charge on any atom is 0.243 e. The number of ether oxygens (including phenoxy) is 1. The summed E-state index contributed by atoms with van der Waals surface area (Å²) in [5, 5.41) is 4.48. The minimum atomic E-state index is -3.56. The van der Waals surface area contributed by atoms with Gasteiger partial charge < -0.3 is 9.64 Å². The van der Waals surface area contributed by atoms with Crippen LogP contribution in [0.5, 0.6) is 5.75 Å². The van der Waals surface area contributed by atoms with Crippen molar-refractivity contribution in [3.05, 3.63) is 53.6 Å². The summed E-state index contributed by atoms with van der Waals surface area (Å²) in [6.07, 6.45) is 1.52. The molecule has 0 radical (unpaired) electrons. The maximum absolute atomic E-state index is 13.1. The number of nitrogens with zero attached hydrogens (tertiary/aromatic N) is 6. The molecule has 10 heteroatoms. The fourth-order valence-corrected chi connectivity index (χ4v) is 5.31. The van der Waals surface area contributed by atoms with Gasteiger partial charge in [0, 0.05) is 37.9 Å². The van der Waals surface area contributed by atoms with E-state index in [1.807, 2.05) is 32.9 Å². The fraction of sp³-hybridized carbons (Fsp3) is 0.381. The number of aromatic nitrogens is 4. The lowest BCUT2D eigenvalue weighted by molar-refractivity contribution is 0.383. The van der Waals surface area contributed by atoms with Crippen molar-refractivity contribution in [3.63, 3.8) is 0 Å². The number of rotatable bonds is 5. The van der Waals surface area contributed by atoms with Crippen LogP contribution in [0.25, 0.3) is 5.82 Å². The second-order valence-corrected chi connectivity index (χ2v) is 9.53. The summed E-state index contributed by atoms with van der Waals surface area (Å²) in [5.74, 6) is 2.13. The number of anilines is 1. The molecule has 1 fully saturated rings. The summed E-state index contributed by atoms with van der Waals surface area (Å²) in [7, 11) is -1.99. The Kier molecular flexibility index (Phi) is 5.67. The van der Waals surface area contributed by atoms with E-state index in [1.165, 1.54) is 10.6 Å². The Labute approximate surface area is 182 Å². The molecule has 3 heterocycles. The van der Waals surface area contributed by atoms with E-state index in [-0.39, 0.29) is 4.90 Å². The largest absolute Gasteiger partial charge is 0.496 e. The molecule has 9 nitrogen and oxygen atoms in total. The molecular formula is C21H26N6O3S. The lowest BCUT2D eigenvalue weighted by atomic mass is 10.2. The van der Waals surface area contributed by atoms with Crippen molar-refractivity contribution in [1.29, 1.82) is 0 Å². The predicted octanol–water partition coefficient (Wildman–Crippen LogP) is 2.11. The summed E-state index contributed by atoms with van der Waals surface area (Å²) < 4.78 is 34.7. The van der Waals surface area contributed by atoms with Gasteiger partial charge in [0.25, 0.3) is 0 Å². The van der Waals surface area contributed by atoms with E-state index in [9.17, 15) is 8.42 Å². The Morgan fingerprint density at radius 3 is 2.26 bits per heavy atom. The molecule has 1 aliphatic heterocycles. The van der Waals surface area contributed by atoms with Crippen molar-refractivity contribution >= 4 is 15.8 Å². The molecule has 0 unspecified atom stereocenters. The molecule has 0 spiro atoms. The first kappa shape index (κ1) is 21.3. The minimum absolute atomic E-state index is 0.285. The molecule has 0 saturated carbocycles. The molecule has 0 aliphatic carbocycles. The van der Waals surface area contributed by atoms with Gasteiger partial charge in [-0.2, -0.15) is 9.40 Å². The molecule has 164 valence electrons. The zero-order valence-electron chi connectivity index (χ0n) is 18.1. The third kappa shape index (κ3) is 4.13. The van der Waals surface area contributed by atoms with E-state index in [2.05, 4.69) is 20.0 Å². The van der Waals surface area contributed by atoms with Gasteiger partial charge >= 0.3 is 0 Å². The van der Waals surface area contributed by atoms with Gasteiger partial charge in [-0.05, 0) is 50.6 Å². The van der Waals surface area contributed by atoms with Crippen molar-refractivity contribution in [3.8, 4) is 11.6 Å². The normalized spacial score (nSPS) is 15.3. The zero-order valence-corrected chi connectivity index (χ0v) is 18.9. The van der Waals surface area contributed by atoms with Crippen LogP contribution in [0.15, 0.2) is 41.6 Å². The number of aryl methyl sites for hydroxylation is 3. The van der Waals surface area contributed by atoms with Gasteiger partial charge in [-0.25, -0.2) is 23.1 Å². The highest BCUT2D eigenvalue weighted by Gasteiger charge is 2.29. The molecule has 1 aliphatic rings. The topological polar surface area (TPSA) is 93.5 Å². The first-order chi connectivity index (χ1) is 14.8. The molecule has 2 aromatic heterocycles. The number of benzene rings is 1. The quantitative estimate of drug-likeness (QED) is 0.597. The van der Waals surface area contributed by atoms with E-state index in [0.29, 0.717) is 37.7 Å². The molecule has 0 N–H and O–H groups in total. The smallest absolute Gasteiger partial charge is 0.243 e. The molecule has 31 heavy (non-hydrogen) atoms. The number of hydrogen-bond donors (Lipinski definition) is 0. The summed E-state index contributed by atoms with van der Waals surface area (Å²) in [5.41, 5.74) is 2.71. The van der Waals surface area contributed by atoms with Crippen LogP contribution in [0.3, 0.4) is 0 Å². The molecule has 0 amide bonds. The molecule has 1 aromatic carbocycles. The summed E-state index contributed by atoms with van der Waals surface area (Å²) >= 11 is 0. The molecule has 0 atom stereocenters. The number of hydrogen-bond acceptors (Lipinski definition) is 7. The first-order valence-electron chi connectivity index (χ1n) is 10.0. The van der Waals surface area contributed by atoms with Crippen LogP contribution in [0.2, 0.25) is 0 Å². The highest BCUT2D eigenvalue weighted by molar-refractivity contribution is 7.89. The highest BCUT2D eigenvalue weighted by Crippen LogP contribution is 2.25. The van der Waals surface area contributed by atoms with Crippen molar-refractivity contribution in [2.45, 2.75) is 25.7 Å². The summed E-state index contributed by atoms with van der Waals surface area (Å²) in [6.45, 7) is 7.61. The van der Waals surface area contributed by atoms with Gasteiger partial charge in [-0.15, -0.1) is 0 Å². The Bertz CT molecular complexity index is 1200. The Balaban J connectivity index is 1.49. The van der Waals surface area contributed by atoms with Gasteiger partial charge in [-0.1, -0.05) is 0 Å². The van der Waals surface area contributed by atoms with E-state index < -0.39 is 10.0 Å². The average molecular weight is 443 g/mol. The molecule has 3 aromatic rings. The van der Waals surface area contributed by atoms with E-state index >= 15 is 0 Å². The fourth-order valence-electron chi connectivity index (χ4n) is 3.80. The van der Waals surface area contributed by atoms with Crippen LogP contribution in [0.4, 0.5) is 5.82 Å². The standard InChI is InChI=1S/C21H26N6O3S/c1-15-11-18(5-6-19(15)30-4)31(28,29)26-9-7-25(8-10-26)20-13-21(23-14-22-20)27-17(3)12-16(2)24-27/h5-6,11-14H,7-10H2,1-4H3. The van der Waals surface area contributed by atoms with Crippen molar-refractivity contribution in [1.82, 2.24) is 24.1 Å². The lowest BCUT2D eigenvalue weighted by Crippen LogP contribution is -2.49. The van der Waals surface area contributed by atoms with Gasteiger partial charge in [0.2, 0.25) is 10.0 Å². The van der Waals surface area contributed by atoms with Crippen molar-refractivity contribution < 1.29 is 13.2 Å². The molecule has 4 rings (SSSR count). The number of piperazine rings is 1. The van der Waals surface area contributed by atoms with Gasteiger partial charge in [-0.3, -0.25) is 0 Å². The third-order valence-corrected chi connectivity index (χ3v) is 7.33. The van der Waals surface area contributed by atoms with Gasteiger partial charge in [0.15, 0.2) is 5.82 Å². The highest BCUT2D eigenvalue weighted by atomic mass is 32.2. The van der Waals surface area contributed by atoms with Crippen LogP contribution in [-0.4, -0.2) is 65.8 Å². The Morgan fingerprint density at radius 2 is 1.65 bits per heavy atom. The van der Waals surface area contributed by atoms with Gasteiger partial charge in [0.1, 0.15) is 17.9 Å². The summed E-state index contributed by atoms with van der Waals surface area (Å²) in [6, 6.07) is 8.83. The third-order valence-electron chi connectivity index (χ3n) is 5.43. The number of methoxy groups -OCH3 is 1. The molecule has 0 bridgehead atoms. The monoisotopic (exact) mass is 442 g/mol. The van der Waals surface area contributed by atoms with Crippen LogP contribution >= 0.6 is 0 Å². The van der Waals surface area contributed by atoms with Gasteiger partial charge in [0.05, 0.1) is 17.7 Å². The van der Waals surface area contributed by atoms with Crippen LogP contribution < -0.4 is 9.64 Å². The van der Waals surface area contributed by atoms with Crippen LogP contribution in [0, 0.1) is 20.8 Å². The van der Waals surface area contributed by atoms with Crippen molar-refractivity contribution in [2.75, 3.05) is 38.2 Å². The predicted molar refractivity (Wildman–Crippen MR) is 117 cm³/mol. The lowest BCUT2D eigenvalue weighted by Gasteiger charge is -2.34. The minimum Gasteiger partial charge on any atom is -0.496 e. The second-order valence-electron chi connectivity index (χ2n) is 7.60. The van der Waals surface area contributed by atoms with Crippen LogP contribution in [-0.2, 0) is 10.0 Å². The summed E-state index contributed by atoms with van der Waals surface area (Å²) in [4.78, 5) is 11.1. The molecular weight excluding hydrogens is 416 g/mol. The van der Waals surface area contributed by atoms with Crippen LogP contribution in [0.1, 0.15) is 17.0 Å². The van der Waals surface area contributed by atoms with Crippen molar-refractivity contribution in [2.24, 2.45) is 0 Å². The SMILES string of the molecule is COc1ccc(S(=O)(=O)N2CCN(c3cc(-n4nc(C)cc4C)ncn3)CC2)cc1C. The average Bonchev–Trinajstić information content (AvgIpc) is 3.11. The first-order valence-corrected chi connectivity index (χ1v) is 11.5. The maximum atomic E-state index is 13.1. The van der Waals surface area contributed by atoms with E-state index in [0.717, 1.165) is 22.8 Å².